The second-order valence-electron chi connectivity index (χ2n) is 6.35. The van der Waals surface area contributed by atoms with Gasteiger partial charge in [0.25, 0.3) is 5.91 Å². The molecule has 0 aromatic heterocycles. The van der Waals surface area contributed by atoms with E-state index in [4.69, 9.17) is 16.3 Å². The number of benzene rings is 2. The van der Waals surface area contributed by atoms with E-state index < -0.39 is 28.0 Å². The van der Waals surface area contributed by atoms with Crippen LogP contribution in [0.4, 0.5) is 5.69 Å². The highest BCUT2D eigenvalue weighted by molar-refractivity contribution is 7.89. The summed E-state index contributed by atoms with van der Waals surface area (Å²) in [7, 11) is -3.61. The molecule has 0 saturated heterocycles. The van der Waals surface area contributed by atoms with E-state index in [-0.39, 0.29) is 16.5 Å². The highest BCUT2D eigenvalue weighted by Crippen LogP contribution is 2.16. The first-order valence-corrected chi connectivity index (χ1v) is 10.3. The van der Waals surface area contributed by atoms with Gasteiger partial charge < -0.3 is 10.1 Å². The van der Waals surface area contributed by atoms with Crippen molar-refractivity contribution in [1.82, 2.24) is 4.72 Å². The van der Waals surface area contributed by atoms with Crippen molar-refractivity contribution in [2.75, 3.05) is 5.32 Å². The predicted molar refractivity (Wildman–Crippen MR) is 107 cm³/mol. The normalized spacial score (nSPS) is 12.5. The molecule has 0 fully saturated rings. The van der Waals surface area contributed by atoms with E-state index in [9.17, 15) is 18.0 Å². The Bertz CT molecular complexity index is 959. The summed E-state index contributed by atoms with van der Waals surface area (Å²) in [6, 6.07) is 11.6. The molecule has 1 atom stereocenters. The third-order valence-corrected chi connectivity index (χ3v) is 5.45. The van der Waals surface area contributed by atoms with Gasteiger partial charge in [-0.05, 0) is 63.2 Å². The van der Waals surface area contributed by atoms with Crippen LogP contribution in [-0.4, -0.2) is 32.4 Å². The van der Waals surface area contributed by atoms with Crippen LogP contribution in [0.5, 0.6) is 0 Å². The summed E-state index contributed by atoms with van der Waals surface area (Å²) in [6.45, 7) is 4.87. The average Bonchev–Trinajstić information content (AvgIpc) is 2.61. The zero-order valence-electron chi connectivity index (χ0n) is 15.6. The van der Waals surface area contributed by atoms with E-state index in [1.165, 1.54) is 43.3 Å². The van der Waals surface area contributed by atoms with E-state index in [0.29, 0.717) is 10.7 Å². The number of ether oxygens (including phenoxy) is 1. The Morgan fingerprint density at radius 2 is 1.68 bits per heavy atom. The molecule has 1 amide bonds. The maximum Gasteiger partial charge on any atom is 0.338 e. The number of esters is 1. The van der Waals surface area contributed by atoms with Crippen LogP contribution < -0.4 is 10.0 Å². The fourth-order valence-corrected chi connectivity index (χ4v) is 3.68. The molecule has 0 radical (unpaired) electrons. The lowest BCUT2D eigenvalue weighted by molar-refractivity contribution is -0.123. The molecule has 0 heterocycles. The molecule has 150 valence electrons. The topological polar surface area (TPSA) is 102 Å². The van der Waals surface area contributed by atoms with Crippen molar-refractivity contribution in [1.29, 1.82) is 0 Å². The van der Waals surface area contributed by atoms with Gasteiger partial charge in [0, 0.05) is 16.8 Å². The molecule has 28 heavy (non-hydrogen) atoms. The molecular weight excluding hydrogens is 404 g/mol. The molecule has 2 rings (SSSR count). The number of carbonyl (C=O) groups is 2. The molecule has 0 spiro atoms. The number of hydrogen-bond donors (Lipinski definition) is 2. The lowest BCUT2D eigenvalue weighted by Crippen LogP contribution is -2.30. The first kappa shape index (κ1) is 21.9. The average molecular weight is 425 g/mol. The van der Waals surface area contributed by atoms with Gasteiger partial charge >= 0.3 is 5.97 Å². The predicted octanol–water partition coefficient (Wildman–Crippen LogP) is 3.21. The molecule has 2 aromatic rings. The summed E-state index contributed by atoms with van der Waals surface area (Å²) in [5.74, 6) is -1.22. The Morgan fingerprint density at radius 1 is 1.04 bits per heavy atom. The van der Waals surface area contributed by atoms with Gasteiger partial charge in [0.2, 0.25) is 10.0 Å². The Labute approximate surface area is 169 Å². The van der Waals surface area contributed by atoms with Crippen LogP contribution in [0.3, 0.4) is 0 Å². The minimum atomic E-state index is -3.61. The van der Waals surface area contributed by atoms with Gasteiger partial charge in [-0.3, -0.25) is 4.79 Å². The van der Waals surface area contributed by atoms with Gasteiger partial charge in [-0.2, -0.15) is 0 Å². The second kappa shape index (κ2) is 9.18. The van der Waals surface area contributed by atoms with E-state index in [1.807, 2.05) is 0 Å². The molecule has 2 N–H and O–H groups in total. The fraction of sp³-hybridized carbons (Fsp3) is 0.263. The lowest BCUT2D eigenvalue weighted by Gasteiger charge is -2.14. The number of rotatable bonds is 7. The number of carbonyl (C=O) groups excluding carboxylic acids is 2. The van der Waals surface area contributed by atoms with Crippen molar-refractivity contribution in [3.63, 3.8) is 0 Å². The SMILES string of the molecule is CC(C)NS(=O)(=O)c1ccc(NC(=O)C(C)OC(=O)c2cccc(Cl)c2)cc1. The number of amides is 1. The largest absolute Gasteiger partial charge is 0.449 e. The Kier molecular flexibility index (Phi) is 7.17. The lowest BCUT2D eigenvalue weighted by atomic mass is 10.2. The van der Waals surface area contributed by atoms with Crippen LogP contribution in [0.25, 0.3) is 0 Å². The summed E-state index contributed by atoms with van der Waals surface area (Å²) in [5, 5.41) is 2.95. The third kappa shape index (κ3) is 6.05. The minimum absolute atomic E-state index is 0.0830. The van der Waals surface area contributed by atoms with Crippen LogP contribution in [0.1, 0.15) is 31.1 Å². The summed E-state index contributed by atoms with van der Waals surface area (Å²) in [6.07, 6.45) is -1.06. The van der Waals surface area contributed by atoms with Crippen LogP contribution >= 0.6 is 11.6 Å². The summed E-state index contributed by atoms with van der Waals surface area (Å²) in [4.78, 5) is 24.4. The summed E-state index contributed by atoms with van der Waals surface area (Å²) in [5.41, 5.74) is 0.610. The van der Waals surface area contributed by atoms with Crippen molar-refractivity contribution >= 4 is 39.2 Å². The first-order chi connectivity index (χ1) is 13.1. The van der Waals surface area contributed by atoms with Crippen molar-refractivity contribution in [2.45, 2.75) is 37.8 Å². The molecular formula is C19H21ClN2O5S. The van der Waals surface area contributed by atoms with Gasteiger partial charge in [0.15, 0.2) is 6.10 Å². The van der Waals surface area contributed by atoms with Gasteiger partial charge in [-0.25, -0.2) is 17.9 Å². The molecule has 0 aliphatic heterocycles. The van der Waals surface area contributed by atoms with Crippen molar-refractivity contribution < 1.29 is 22.7 Å². The smallest absolute Gasteiger partial charge is 0.338 e. The molecule has 9 heteroatoms. The van der Waals surface area contributed by atoms with Crippen LogP contribution in [-0.2, 0) is 19.6 Å². The molecule has 7 nitrogen and oxygen atoms in total. The van der Waals surface area contributed by atoms with Gasteiger partial charge in [0.1, 0.15) is 0 Å². The molecule has 0 aliphatic rings. The Balaban J connectivity index is 1.99. The van der Waals surface area contributed by atoms with Crippen molar-refractivity contribution in [2.24, 2.45) is 0 Å². The summed E-state index contributed by atoms with van der Waals surface area (Å²) >= 11 is 5.83. The fourth-order valence-electron chi connectivity index (χ4n) is 2.24. The van der Waals surface area contributed by atoms with Gasteiger partial charge in [-0.1, -0.05) is 17.7 Å². The maximum atomic E-state index is 12.2. The molecule has 0 aliphatic carbocycles. The Hall–Kier alpha value is -2.42. The van der Waals surface area contributed by atoms with E-state index >= 15 is 0 Å². The van der Waals surface area contributed by atoms with E-state index in [0.717, 1.165) is 0 Å². The maximum absolute atomic E-state index is 12.2. The molecule has 1 unspecified atom stereocenters. The number of nitrogens with one attached hydrogen (secondary N) is 2. The first-order valence-electron chi connectivity index (χ1n) is 8.48. The number of halogens is 1. The van der Waals surface area contributed by atoms with E-state index in [1.54, 1.807) is 26.0 Å². The number of hydrogen-bond acceptors (Lipinski definition) is 5. The molecule has 2 aromatic carbocycles. The molecule has 0 bridgehead atoms. The van der Waals surface area contributed by atoms with Crippen molar-refractivity contribution in [3.8, 4) is 0 Å². The summed E-state index contributed by atoms with van der Waals surface area (Å²) < 4.78 is 31.8. The van der Waals surface area contributed by atoms with Crippen LogP contribution in [0, 0.1) is 0 Å². The van der Waals surface area contributed by atoms with Gasteiger partial charge in [-0.15, -0.1) is 0 Å². The van der Waals surface area contributed by atoms with E-state index in [2.05, 4.69) is 10.0 Å². The van der Waals surface area contributed by atoms with Gasteiger partial charge in [0.05, 0.1) is 10.5 Å². The monoisotopic (exact) mass is 424 g/mol. The zero-order valence-corrected chi connectivity index (χ0v) is 17.2. The third-order valence-electron chi connectivity index (χ3n) is 3.54. The zero-order chi connectivity index (χ0) is 20.9. The van der Waals surface area contributed by atoms with Crippen LogP contribution in [0.2, 0.25) is 5.02 Å². The Morgan fingerprint density at radius 3 is 2.25 bits per heavy atom. The van der Waals surface area contributed by atoms with Crippen molar-refractivity contribution in [3.05, 3.63) is 59.1 Å². The highest BCUT2D eigenvalue weighted by atomic mass is 35.5. The minimum Gasteiger partial charge on any atom is -0.449 e. The number of anilines is 1. The van der Waals surface area contributed by atoms with Crippen LogP contribution in [0.15, 0.2) is 53.4 Å². The standard InChI is InChI=1S/C19H21ClN2O5S/c1-12(2)22-28(25,26)17-9-7-16(8-10-17)21-18(23)13(3)27-19(24)14-5-4-6-15(20)11-14/h4-13,22H,1-3H3,(H,21,23). The quantitative estimate of drug-likeness (QED) is 0.664. The highest BCUT2D eigenvalue weighted by Gasteiger charge is 2.20. The second-order valence-corrected chi connectivity index (χ2v) is 8.50. The molecule has 0 saturated carbocycles. The number of sulfonamides is 1.